The molecule has 5 heterocycles. The zero-order valence-electron chi connectivity index (χ0n) is 22.0. The summed E-state index contributed by atoms with van der Waals surface area (Å²) in [6, 6.07) is 8.54. The maximum Gasteiger partial charge on any atom is 0.257 e. The SMILES string of the molecule is CCOc1ccc2c(c1F)C(=O)N(C[C@]1(c3cc4nc(N5CCN(CC)CC5)ccc4o3)CC(=O)NC1=O)C2. The molecule has 1 N–H and O–H groups in total. The third-order valence-electron chi connectivity index (χ3n) is 7.94. The molecule has 0 bridgehead atoms. The van der Waals surface area contributed by atoms with Crippen LogP contribution in [0.3, 0.4) is 0 Å². The van der Waals surface area contributed by atoms with Crippen molar-refractivity contribution in [2.24, 2.45) is 0 Å². The summed E-state index contributed by atoms with van der Waals surface area (Å²) in [6.07, 6.45) is -0.190. The fourth-order valence-corrected chi connectivity index (χ4v) is 5.78. The van der Waals surface area contributed by atoms with Gasteiger partial charge in [0.25, 0.3) is 5.91 Å². The van der Waals surface area contributed by atoms with Gasteiger partial charge in [0.05, 0.1) is 18.6 Å². The number of likely N-dealkylation sites (N-methyl/N-ethyl adjacent to an activating group) is 1. The molecule has 3 aliphatic rings. The number of carbonyl (C=O) groups is 3. The quantitative estimate of drug-likeness (QED) is 0.460. The van der Waals surface area contributed by atoms with Crippen molar-refractivity contribution in [2.75, 3.05) is 50.8 Å². The van der Waals surface area contributed by atoms with E-state index >= 15 is 4.39 Å². The molecule has 11 heteroatoms. The fourth-order valence-electron chi connectivity index (χ4n) is 5.78. The minimum Gasteiger partial charge on any atom is -0.491 e. The van der Waals surface area contributed by atoms with Gasteiger partial charge in [-0.2, -0.15) is 0 Å². The number of nitrogens with zero attached hydrogens (tertiary/aromatic N) is 4. The lowest BCUT2D eigenvalue weighted by Gasteiger charge is -2.34. The molecular formula is C28H30FN5O5. The van der Waals surface area contributed by atoms with E-state index in [1.807, 2.05) is 12.1 Å². The predicted molar refractivity (Wildman–Crippen MR) is 140 cm³/mol. The third-order valence-corrected chi connectivity index (χ3v) is 7.94. The monoisotopic (exact) mass is 535 g/mol. The lowest BCUT2D eigenvalue weighted by Crippen LogP contribution is -2.46. The molecule has 204 valence electrons. The molecule has 0 saturated carbocycles. The molecule has 10 nitrogen and oxygen atoms in total. The van der Waals surface area contributed by atoms with E-state index in [1.165, 1.54) is 11.0 Å². The zero-order chi connectivity index (χ0) is 27.3. The number of ether oxygens (including phenoxy) is 1. The van der Waals surface area contributed by atoms with Crippen molar-refractivity contribution in [1.82, 2.24) is 20.1 Å². The first-order valence-electron chi connectivity index (χ1n) is 13.3. The van der Waals surface area contributed by atoms with E-state index in [9.17, 15) is 14.4 Å². The van der Waals surface area contributed by atoms with Gasteiger partial charge in [-0.25, -0.2) is 9.37 Å². The van der Waals surface area contributed by atoms with E-state index in [1.54, 1.807) is 19.1 Å². The van der Waals surface area contributed by atoms with Gasteiger partial charge in [-0.05, 0) is 37.2 Å². The van der Waals surface area contributed by atoms with Crippen LogP contribution in [0.2, 0.25) is 0 Å². The Morgan fingerprint density at radius 1 is 1.10 bits per heavy atom. The molecule has 0 aliphatic carbocycles. The van der Waals surface area contributed by atoms with Crippen molar-refractivity contribution in [3.63, 3.8) is 0 Å². The van der Waals surface area contributed by atoms with Gasteiger partial charge in [0.15, 0.2) is 17.1 Å². The van der Waals surface area contributed by atoms with Gasteiger partial charge in [-0.1, -0.05) is 13.0 Å². The number of aromatic nitrogens is 1. The normalized spacial score (nSPS) is 21.7. The second-order valence-corrected chi connectivity index (χ2v) is 10.2. The molecule has 2 saturated heterocycles. The topological polar surface area (TPSA) is 108 Å². The third kappa shape index (κ3) is 4.21. The summed E-state index contributed by atoms with van der Waals surface area (Å²) in [5.41, 5.74) is 0.0212. The summed E-state index contributed by atoms with van der Waals surface area (Å²) in [5.74, 6) is -1.22. The van der Waals surface area contributed by atoms with E-state index in [0.29, 0.717) is 16.7 Å². The van der Waals surface area contributed by atoms with E-state index in [0.717, 1.165) is 38.5 Å². The van der Waals surface area contributed by atoms with Crippen LogP contribution in [0, 0.1) is 5.82 Å². The first-order valence-corrected chi connectivity index (χ1v) is 13.3. The van der Waals surface area contributed by atoms with Crippen LogP contribution in [0.4, 0.5) is 10.2 Å². The fraction of sp³-hybridized carbons (Fsp3) is 0.429. The van der Waals surface area contributed by atoms with Gasteiger partial charge in [0.2, 0.25) is 11.8 Å². The van der Waals surface area contributed by atoms with Gasteiger partial charge < -0.3 is 23.9 Å². The summed E-state index contributed by atoms with van der Waals surface area (Å²) in [7, 11) is 0. The molecule has 1 aromatic carbocycles. The molecule has 2 fully saturated rings. The standard InChI is InChI=1S/C28H30FN5O5/c1-3-32-9-11-33(12-10-32)22-8-7-19-18(30-22)13-21(39-19)28(14-23(35)31-27(28)37)16-34-15-17-5-6-20(38-4-2)25(29)24(17)26(34)36/h5-8,13H,3-4,9-12,14-16H2,1-2H3,(H,31,35,37)/t28-/m0/s1. The molecule has 0 radical (unpaired) electrons. The molecule has 3 aromatic rings. The number of anilines is 1. The number of halogens is 1. The van der Waals surface area contributed by atoms with Gasteiger partial charge >= 0.3 is 0 Å². The highest BCUT2D eigenvalue weighted by molar-refractivity contribution is 6.10. The molecule has 0 spiro atoms. The Balaban J connectivity index is 1.31. The summed E-state index contributed by atoms with van der Waals surface area (Å²) in [6.45, 7) is 8.74. The van der Waals surface area contributed by atoms with Crippen molar-refractivity contribution in [1.29, 1.82) is 0 Å². The minimum absolute atomic E-state index is 0.00483. The lowest BCUT2D eigenvalue weighted by molar-refractivity contribution is -0.127. The van der Waals surface area contributed by atoms with Crippen LogP contribution >= 0.6 is 0 Å². The molecule has 3 amide bonds. The Morgan fingerprint density at radius 2 is 1.90 bits per heavy atom. The van der Waals surface area contributed by atoms with Gasteiger partial charge in [-0.15, -0.1) is 0 Å². The lowest BCUT2D eigenvalue weighted by atomic mass is 9.82. The average molecular weight is 536 g/mol. The Morgan fingerprint density at radius 3 is 2.59 bits per heavy atom. The first kappa shape index (κ1) is 25.3. The Hall–Kier alpha value is -3.99. The van der Waals surface area contributed by atoms with Gasteiger partial charge in [0.1, 0.15) is 22.5 Å². The Kier molecular flexibility index (Phi) is 6.25. The zero-order valence-corrected chi connectivity index (χ0v) is 22.0. The summed E-state index contributed by atoms with van der Waals surface area (Å²) >= 11 is 0. The summed E-state index contributed by atoms with van der Waals surface area (Å²) in [4.78, 5) is 49.8. The summed E-state index contributed by atoms with van der Waals surface area (Å²) < 4.78 is 26.5. The second-order valence-electron chi connectivity index (χ2n) is 10.2. The number of benzene rings is 1. The average Bonchev–Trinajstić information content (AvgIpc) is 3.59. The highest BCUT2D eigenvalue weighted by Crippen LogP contribution is 2.40. The van der Waals surface area contributed by atoms with E-state index in [-0.39, 0.29) is 43.2 Å². The van der Waals surface area contributed by atoms with Crippen LogP contribution in [0.1, 0.15) is 41.9 Å². The molecule has 1 atom stereocenters. The second kappa shape index (κ2) is 9.64. The number of furan rings is 1. The summed E-state index contributed by atoms with van der Waals surface area (Å²) in [5, 5.41) is 2.37. The largest absolute Gasteiger partial charge is 0.491 e. The van der Waals surface area contributed by atoms with E-state index in [2.05, 4.69) is 22.0 Å². The predicted octanol–water partition coefficient (Wildman–Crippen LogP) is 2.45. The molecule has 2 aromatic heterocycles. The molecule has 39 heavy (non-hydrogen) atoms. The first-order chi connectivity index (χ1) is 18.8. The Bertz CT molecular complexity index is 1480. The maximum atomic E-state index is 15.1. The van der Waals surface area contributed by atoms with Crippen LogP contribution in [0.15, 0.2) is 34.7 Å². The number of rotatable bonds is 7. The van der Waals surface area contributed by atoms with Crippen molar-refractivity contribution in [3.05, 3.63) is 53.0 Å². The van der Waals surface area contributed by atoms with Crippen LogP contribution in [-0.4, -0.2) is 78.4 Å². The van der Waals surface area contributed by atoms with Crippen molar-refractivity contribution in [2.45, 2.75) is 32.2 Å². The number of carbonyl (C=O) groups excluding carboxylic acids is 3. The number of imide groups is 1. The highest BCUT2D eigenvalue weighted by atomic mass is 19.1. The number of amides is 3. The van der Waals surface area contributed by atoms with Gasteiger partial charge in [0, 0.05) is 45.3 Å². The highest BCUT2D eigenvalue weighted by Gasteiger charge is 2.53. The number of pyridine rings is 1. The number of fused-ring (bicyclic) bond motifs is 2. The minimum atomic E-state index is -1.46. The van der Waals surface area contributed by atoms with Crippen LogP contribution in [0.25, 0.3) is 11.1 Å². The van der Waals surface area contributed by atoms with Gasteiger partial charge in [-0.3, -0.25) is 19.7 Å². The van der Waals surface area contributed by atoms with Crippen LogP contribution in [-0.2, 0) is 21.5 Å². The molecule has 0 unspecified atom stereocenters. The van der Waals surface area contributed by atoms with Crippen LogP contribution < -0.4 is 15.0 Å². The smallest absolute Gasteiger partial charge is 0.257 e. The number of piperazine rings is 1. The van der Waals surface area contributed by atoms with Crippen LogP contribution in [0.5, 0.6) is 5.75 Å². The van der Waals surface area contributed by atoms with Crippen molar-refractivity contribution in [3.8, 4) is 5.75 Å². The number of nitrogens with one attached hydrogen (secondary N) is 1. The van der Waals surface area contributed by atoms with E-state index < -0.39 is 29.0 Å². The van der Waals surface area contributed by atoms with E-state index in [4.69, 9.17) is 14.1 Å². The number of hydrogen-bond donors (Lipinski definition) is 1. The van der Waals surface area contributed by atoms with Crippen molar-refractivity contribution >= 4 is 34.6 Å². The maximum absolute atomic E-state index is 15.1. The molecule has 6 rings (SSSR count). The Labute approximate surface area is 224 Å². The van der Waals surface area contributed by atoms with Crippen molar-refractivity contribution < 1.29 is 27.9 Å². The molecular weight excluding hydrogens is 505 g/mol. The molecule has 3 aliphatic heterocycles. The number of hydrogen-bond acceptors (Lipinski definition) is 8.